The van der Waals surface area contributed by atoms with Crippen molar-refractivity contribution >= 4 is 39.8 Å². The summed E-state index contributed by atoms with van der Waals surface area (Å²) in [7, 11) is 0. The van der Waals surface area contributed by atoms with Gasteiger partial charge in [0.2, 0.25) is 0 Å². The van der Waals surface area contributed by atoms with E-state index >= 15 is 0 Å². The Morgan fingerprint density at radius 3 is 2.48 bits per heavy atom. The predicted octanol–water partition coefficient (Wildman–Crippen LogP) is 5.94. The van der Waals surface area contributed by atoms with Crippen molar-refractivity contribution in [2.75, 3.05) is 11.9 Å². The predicted molar refractivity (Wildman–Crippen MR) is 121 cm³/mol. The Bertz CT molecular complexity index is 897. The molecule has 1 atom stereocenters. The molecule has 1 heterocycles. The Kier molecular flexibility index (Phi) is 6.69. The first kappa shape index (κ1) is 21.8. The maximum Gasteiger partial charge on any atom is 0.256 e. The van der Waals surface area contributed by atoms with Crippen LogP contribution < -0.4 is 10.6 Å². The van der Waals surface area contributed by atoms with E-state index in [9.17, 15) is 9.59 Å². The monoisotopic (exact) mass is 432 g/mol. The van der Waals surface area contributed by atoms with Gasteiger partial charge in [-0.25, -0.2) is 0 Å². The summed E-state index contributed by atoms with van der Waals surface area (Å²) in [4.78, 5) is 26.9. The van der Waals surface area contributed by atoms with E-state index in [2.05, 4.69) is 31.4 Å². The third-order valence-corrected chi connectivity index (χ3v) is 7.01. The molecule has 0 radical (unpaired) electrons. The Morgan fingerprint density at radius 1 is 1.17 bits per heavy atom. The molecule has 0 fully saturated rings. The van der Waals surface area contributed by atoms with Gasteiger partial charge in [0.15, 0.2) is 0 Å². The highest BCUT2D eigenvalue weighted by Gasteiger charge is 2.34. The molecule has 0 spiro atoms. The summed E-state index contributed by atoms with van der Waals surface area (Å²) in [5, 5.41) is 7.21. The third kappa shape index (κ3) is 5.01. The van der Waals surface area contributed by atoms with Gasteiger partial charge in [0.05, 0.1) is 5.56 Å². The van der Waals surface area contributed by atoms with Crippen LogP contribution in [0.1, 0.15) is 71.7 Å². The summed E-state index contributed by atoms with van der Waals surface area (Å²) in [5.41, 5.74) is 2.50. The third-order valence-electron chi connectivity index (χ3n) is 5.59. The molecule has 3 rings (SSSR count). The number of anilines is 1. The molecule has 4 nitrogen and oxygen atoms in total. The first-order chi connectivity index (χ1) is 13.7. The van der Waals surface area contributed by atoms with Gasteiger partial charge in [-0.05, 0) is 66.8 Å². The minimum absolute atomic E-state index is 0.0926. The Balaban J connectivity index is 1.92. The molecule has 0 saturated carbocycles. The highest BCUT2D eigenvalue weighted by molar-refractivity contribution is 7.17. The highest BCUT2D eigenvalue weighted by Crippen LogP contribution is 2.44. The number of carbonyl (C=O) groups excluding carboxylic acids is 2. The first-order valence-electron chi connectivity index (χ1n) is 10.2. The van der Waals surface area contributed by atoms with Gasteiger partial charge in [-0.3, -0.25) is 9.59 Å². The van der Waals surface area contributed by atoms with Crippen LogP contribution in [0.3, 0.4) is 0 Å². The van der Waals surface area contributed by atoms with Crippen LogP contribution >= 0.6 is 22.9 Å². The average Bonchev–Trinajstić information content (AvgIpc) is 3.02. The van der Waals surface area contributed by atoms with Gasteiger partial charge < -0.3 is 10.6 Å². The number of fused-ring (bicyclic) bond motifs is 1. The van der Waals surface area contributed by atoms with E-state index in [1.54, 1.807) is 35.6 Å². The molecule has 1 aromatic carbocycles. The number of hydrogen-bond donors (Lipinski definition) is 2. The zero-order valence-corrected chi connectivity index (χ0v) is 19.1. The maximum absolute atomic E-state index is 12.9. The molecule has 0 saturated heterocycles. The fraction of sp³-hybridized carbons (Fsp3) is 0.478. The van der Waals surface area contributed by atoms with Crippen molar-refractivity contribution in [3.05, 3.63) is 50.9 Å². The number of amides is 2. The van der Waals surface area contributed by atoms with Gasteiger partial charge in [0.25, 0.3) is 11.8 Å². The fourth-order valence-corrected chi connectivity index (χ4v) is 5.20. The molecule has 0 bridgehead atoms. The standard InChI is InChI=1S/C23H29ClN2O2S/c1-5-12-25-21(28)19-17-11-8-15(23(2,3)4)13-18(17)29-22(19)26-20(27)14-6-9-16(24)10-7-14/h6-7,9-10,15H,5,8,11-13H2,1-4H3,(H,25,28)(H,26,27). The second-order valence-corrected chi connectivity index (χ2v) is 10.3. The molecule has 2 N–H and O–H groups in total. The molecule has 2 amide bonds. The molecular formula is C23H29ClN2O2S. The van der Waals surface area contributed by atoms with Crippen molar-refractivity contribution in [2.45, 2.75) is 53.4 Å². The second kappa shape index (κ2) is 8.88. The van der Waals surface area contributed by atoms with E-state index in [0.29, 0.717) is 33.6 Å². The van der Waals surface area contributed by atoms with Crippen LogP contribution in [0.15, 0.2) is 24.3 Å². The van der Waals surface area contributed by atoms with Crippen LogP contribution in [0.5, 0.6) is 0 Å². The first-order valence-corrected chi connectivity index (χ1v) is 11.4. The van der Waals surface area contributed by atoms with Crippen LogP contribution in [0, 0.1) is 11.3 Å². The Labute approximate surface area is 182 Å². The zero-order valence-electron chi connectivity index (χ0n) is 17.5. The van der Waals surface area contributed by atoms with Gasteiger partial charge in [-0.2, -0.15) is 0 Å². The largest absolute Gasteiger partial charge is 0.352 e. The molecule has 156 valence electrons. The summed E-state index contributed by atoms with van der Waals surface area (Å²) in [6.45, 7) is 9.47. The molecule has 29 heavy (non-hydrogen) atoms. The van der Waals surface area contributed by atoms with Crippen LogP contribution in [0.4, 0.5) is 5.00 Å². The lowest BCUT2D eigenvalue weighted by Gasteiger charge is -2.33. The lowest BCUT2D eigenvalue weighted by Crippen LogP contribution is -2.29. The van der Waals surface area contributed by atoms with Crippen molar-refractivity contribution < 1.29 is 9.59 Å². The minimum Gasteiger partial charge on any atom is -0.352 e. The summed E-state index contributed by atoms with van der Waals surface area (Å²) < 4.78 is 0. The highest BCUT2D eigenvalue weighted by atomic mass is 35.5. The molecule has 6 heteroatoms. The van der Waals surface area contributed by atoms with Crippen molar-refractivity contribution in [2.24, 2.45) is 11.3 Å². The summed E-state index contributed by atoms with van der Waals surface area (Å²) in [5.74, 6) is 0.252. The zero-order chi connectivity index (χ0) is 21.2. The molecule has 1 aromatic heterocycles. The molecule has 1 unspecified atom stereocenters. The van der Waals surface area contributed by atoms with Crippen LogP contribution in [-0.2, 0) is 12.8 Å². The lowest BCUT2D eigenvalue weighted by atomic mass is 9.72. The van der Waals surface area contributed by atoms with E-state index in [0.717, 1.165) is 31.2 Å². The second-order valence-electron chi connectivity index (χ2n) is 8.73. The minimum atomic E-state index is -0.225. The fourth-order valence-electron chi connectivity index (χ4n) is 3.76. The van der Waals surface area contributed by atoms with E-state index in [1.807, 2.05) is 6.92 Å². The van der Waals surface area contributed by atoms with Crippen LogP contribution in [0.2, 0.25) is 5.02 Å². The van der Waals surface area contributed by atoms with Crippen LogP contribution in [0.25, 0.3) is 0 Å². The van der Waals surface area contributed by atoms with Gasteiger partial charge in [0, 0.05) is 22.0 Å². The summed E-state index contributed by atoms with van der Waals surface area (Å²) >= 11 is 7.48. The number of nitrogens with one attached hydrogen (secondary N) is 2. The molecule has 1 aliphatic rings. The number of carbonyl (C=O) groups is 2. The molecule has 2 aromatic rings. The van der Waals surface area contributed by atoms with Gasteiger partial charge >= 0.3 is 0 Å². The van der Waals surface area contributed by atoms with Crippen LogP contribution in [-0.4, -0.2) is 18.4 Å². The Morgan fingerprint density at radius 2 is 1.86 bits per heavy atom. The van der Waals surface area contributed by atoms with Gasteiger partial charge in [-0.1, -0.05) is 39.3 Å². The SMILES string of the molecule is CCCNC(=O)c1c(NC(=O)c2ccc(Cl)cc2)sc2c1CCC(C(C)(C)C)C2. The van der Waals surface area contributed by atoms with Crippen molar-refractivity contribution in [1.82, 2.24) is 5.32 Å². The summed E-state index contributed by atoms with van der Waals surface area (Å²) in [6.07, 6.45) is 3.76. The molecule has 0 aliphatic heterocycles. The van der Waals surface area contributed by atoms with Gasteiger partial charge in [-0.15, -0.1) is 11.3 Å². The number of benzene rings is 1. The van der Waals surface area contributed by atoms with E-state index in [1.165, 1.54) is 4.88 Å². The van der Waals surface area contributed by atoms with Crippen molar-refractivity contribution in [1.29, 1.82) is 0 Å². The van der Waals surface area contributed by atoms with Crippen molar-refractivity contribution in [3.63, 3.8) is 0 Å². The number of halogens is 1. The van der Waals surface area contributed by atoms with Gasteiger partial charge in [0.1, 0.15) is 5.00 Å². The topological polar surface area (TPSA) is 58.2 Å². The normalized spacial score (nSPS) is 16.2. The lowest BCUT2D eigenvalue weighted by molar-refractivity contribution is 0.0953. The molecular weight excluding hydrogens is 404 g/mol. The average molecular weight is 433 g/mol. The van der Waals surface area contributed by atoms with Crippen molar-refractivity contribution in [3.8, 4) is 0 Å². The smallest absolute Gasteiger partial charge is 0.256 e. The number of hydrogen-bond acceptors (Lipinski definition) is 3. The van der Waals surface area contributed by atoms with E-state index in [-0.39, 0.29) is 17.2 Å². The van der Waals surface area contributed by atoms with E-state index in [4.69, 9.17) is 11.6 Å². The number of thiophene rings is 1. The summed E-state index contributed by atoms with van der Waals surface area (Å²) in [6, 6.07) is 6.77. The number of rotatable bonds is 5. The Hall–Kier alpha value is -1.85. The quantitative estimate of drug-likeness (QED) is 0.613. The molecule has 1 aliphatic carbocycles. The maximum atomic E-state index is 12.9. The van der Waals surface area contributed by atoms with E-state index < -0.39 is 0 Å².